The zero-order chi connectivity index (χ0) is 47.2. The molecule has 0 bridgehead atoms. The van der Waals surface area contributed by atoms with Gasteiger partial charge in [0.05, 0.1) is 60.8 Å². The van der Waals surface area contributed by atoms with Gasteiger partial charge in [0.15, 0.2) is 12.6 Å². The number of esters is 2. The van der Waals surface area contributed by atoms with Crippen LogP contribution in [-0.4, -0.2) is 174 Å². The molecule has 0 saturated carbocycles. The molecule has 3 fully saturated rings. The van der Waals surface area contributed by atoms with Crippen molar-refractivity contribution in [3.63, 3.8) is 0 Å². The van der Waals surface area contributed by atoms with E-state index in [1.165, 1.54) is 14.0 Å². The van der Waals surface area contributed by atoms with Crippen LogP contribution in [0.15, 0.2) is 22.8 Å². The minimum atomic E-state index is -1.87. The minimum Gasteiger partial charge on any atom is -0.468 e. The van der Waals surface area contributed by atoms with Gasteiger partial charge in [0, 0.05) is 44.6 Å². The molecular formula is C46H81N3O14. The number of cyclic esters (lactones) is 1. The summed E-state index contributed by atoms with van der Waals surface area (Å²) in [6, 6.07) is 2.73. The average Bonchev–Trinajstić information content (AvgIpc) is 3.73. The molecule has 3 saturated heterocycles. The minimum absolute atomic E-state index is 0.00335. The third kappa shape index (κ3) is 13.2. The summed E-state index contributed by atoms with van der Waals surface area (Å²) in [6.07, 6.45) is -7.01. The number of likely N-dealkylation sites (N-methyl/N-ethyl adjacent to an activating group) is 2. The highest BCUT2D eigenvalue weighted by atomic mass is 16.7. The first kappa shape index (κ1) is 53.4. The predicted molar refractivity (Wildman–Crippen MR) is 233 cm³/mol. The van der Waals surface area contributed by atoms with Crippen molar-refractivity contribution in [2.24, 2.45) is 17.8 Å². The topological polar surface area (TPSA) is 211 Å². The first-order valence-electron chi connectivity index (χ1n) is 22.8. The van der Waals surface area contributed by atoms with Crippen molar-refractivity contribution in [3.05, 3.63) is 24.2 Å². The Morgan fingerprint density at radius 3 is 2.30 bits per heavy atom. The Hall–Kier alpha value is -2.26. The van der Waals surface area contributed by atoms with Gasteiger partial charge in [0.2, 0.25) is 0 Å². The quantitative estimate of drug-likeness (QED) is 0.142. The van der Waals surface area contributed by atoms with Crippen molar-refractivity contribution in [2.45, 2.75) is 198 Å². The van der Waals surface area contributed by atoms with E-state index in [1.54, 1.807) is 46.9 Å². The number of rotatable bonds is 13. The molecular weight excluding hydrogens is 819 g/mol. The van der Waals surface area contributed by atoms with Gasteiger partial charge >= 0.3 is 11.9 Å². The van der Waals surface area contributed by atoms with E-state index in [9.17, 15) is 30.0 Å². The normalized spacial score (nSPS) is 42.9. The lowest BCUT2D eigenvalue weighted by molar-refractivity contribution is -0.318. The first-order chi connectivity index (χ1) is 29.4. The zero-order valence-electron chi connectivity index (χ0n) is 40.3. The van der Waals surface area contributed by atoms with Crippen LogP contribution in [0.3, 0.4) is 0 Å². The van der Waals surface area contributed by atoms with E-state index in [0.29, 0.717) is 26.1 Å². The third-order valence-electron chi connectivity index (χ3n) is 13.8. The Morgan fingerprint density at radius 2 is 1.70 bits per heavy atom. The molecule has 0 amide bonds. The van der Waals surface area contributed by atoms with Gasteiger partial charge in [-0.1, -0.05) is 20.8 Å². The molecule has 0 aliphatic carbocycles. The van der Waals surface area contributed by atoms with Crippen LogP contribution in [0, 0.1) is 17.8 Å². The van der Waals surface area contributed by atoms with Crippen LogP contribution in [0.2, 0.25) is 0 Å². The van der Waals surface area contributed by atoms with Crippen LogP contribution < -0.4 is 5.32 Å². The van der Waals surface area contributed by atoms with Gasteiger partial charge in [-0.25, -0.2) is 0 Å². The smallest absolute Gasteiger partial charge is 0.311 e. The summed E-state index contributed by atoms with van der Waals surface area (Å²) in [6.45, 7) is 18.8. The van der Waals surface area contributed by atoms with Crippen molar-refractivity contribution in [1.29, 1.82) is 0 Å². The van der Waals surface area contributed by atoms with Gasteiger partial charge in [-0.15, -0.1) is 0 Å². The number of nitrogens with one attached hydrogen (secondary N) is 1. The number of nitrogens with zero attached hydrogens (tertiary/aromatic N) is 2. The van der Waals surface area contributed by atoms with E-state index in [4.69, 9.17) is 37.6 Å². The highest BCUT2D eigenvalue weighted by molar-refractivity contribution is 5.73. The maximum Gasteiger partial charge on any atom is 0.311 e. The number of hydrogen-bond acceptors (Lipinski definition) is 17. The Labute approximate surface area is 375 Å². The second-order valence-corrected chi connectivity index (χ2v) is 19.6. The largest absolute Gasteiger partial charge is 0.468 e. The van der Waals surface area contributed by atoms with E-state index >= 15 is 0 Å². The van der Waals surface area contributed by atoms with E-state index in [-0.39, 0.29) is 43.7 Å². The maximum atomic E-state index is 14.6. The molecule has 3 aliphatic rings. The molecule has 364 valence electrons. The summed E-state index contributed by atoms with van der Waals surface area (Å²) < 4.78 is 49.6. The molecule has 1 aromatic rings. The Balaban J connectivity index is 1.76. The van der Waals surface area contributed by atoms with Crippen LogP contribution in [0.25, 0.3) is 0 Å². The molecule has 0 radical (unpaired) electrons. The summed E-state index contributed by atoms with van der Waals surface area (Å²) in [7, 11) is 7.12. The van der Waals surface area contributed by atoms with Crippen LogP contribution in [0.5, 0.6) is 0 Å². The summed E-state index contributed by atoms with van der Waals surface area (Å²) in [4.78, 5) is 32.1. The predicted octanol–water partition coefficient (Wildman–Crippen LogP) is 3.22. The molecule has 0 spiro atoms. The number of hydrogen-bond donors (Lipinski definition) is 5. The number of furan rings is 1. The lowest BCUT2D eigenvalue weighted by atomic mass is 9.77. The Morgan fingerprint density at radius 1 is 1.02 bits per heavy atom. The summed E-state index contributed by atoms with van der Waals surface area (Å²) in [5.41, 5.74) is -4.54. The standard InChI is InChI=1S/C46H81N3O14/c1-15-34-46(10,55)41(61-35(50)18-19-47-24-32-17-16-20-57-32)30(6)49(13)25-26(2)22-44(8,54)40(63-43-37(51)33(48(11)12)21-27(3)58-43)28(4)38(29(5)42(53)60-34)62-36-23-45(9,56-14)39(52)31(7)59-36/h16-17,20,26-31,33-34,36-41,43,47,51-52,54-55H,15,18-19,21-25H2,1-14H3/t26-,27-,28+,29-,30+,31+,33+,34+,36+,37-,38+,39+,40-,41-,43+,44+,45-,46-/m1/s1. The number of carbonyl (C=O) groups is 2. The first-order valence-corrected chi connectivity index (χ1v) is 22.8. The highest BCUT2D eigenvalue weighted by Crippen LogP contribution is 2.40. The second-order valence-electron chi connectivity index (χ2n) is 19.6. The van der Waals surface area contributed by atoms with E-state index in [0.717, 1.165) is 5.76 Å². The molecule has 1 aromatic heterocycles. The summed E-state index contributed by atoms with van der Waals surface area (Å²) in [5.74, 6) is -2.62. The number of aliphatic hydroxyl groups excluding tert-OH is 2. The Kier molecular flexibility index (Phi) is 19.0. The SMILES string of the molecule is CC[C@@H]1OC(=O)[C@H](C)[C@@H](O[C@H]2C[C@@](C)(OC)[C@@H](O)[C@H](C)O2)[C@H](C)[C@@H](O[C@@H]2O[C@H](C)C[C@H](N(C)C)[C@H]2O)[C@@](C)(O)C[C@@H](C)CN(C)[C@@H](C)[C@@H](OC(=O)CCNCc2ccco2)[C@]1(C)O. The number of carbonyl (C=O) groups excluding carboxylic acids is 2. The average molecular weight is 900 g/mol. The molecule has 0 aromatic carbocycles. The van der Waals surface area contributed by atoms with Crippen LogP contribution in [-0.2, 0) is 49.3 Å². The monoisotopic (exact) mass is 900 g/mol. The molecule has 17 nitrogen and oxygen atoms in total. The zero-order valence-corrected chi connectivity index (χ0v) is 40.3. The van der Waals surface area contributed by atoms with Gasteiger partial charge in [-0.2, -0.15) is 0 Å². The van der Waals surface area contributed by atoms with Crippen molar-refractivity contribution in [3.8, 4) is 0 Å². The molecule has 17 heteroatoms. The van der Waals surface area contributed by atoms with Gasteiger partial charge in [-0.05, 0) is 107 Å². The van der Waals surface area contributed by atoms with Crippen molar-refractivity contribution in [1.82, 2.24) is 15.1 Å². The Bertz CT molecular complexity index is 1560. The highest BCUT2D eigenvalue weighted by Gasteiger charge is 2.53. The van der Waals surface area contributed by atoms with Crippen LogP contribution in [0.1, 0.15) is 107 Å². The van der Waals surface area contributed by atoms with Crippen molar-refractivity contribution >= 4 is 11.9 Å². The van der Waals surface area contributed by atoms with E-state index in [1.807, 2.05) is 64.7 Å². The van der Waals surface area contributed by atoms with Crippen molar-refractivity contribution < 1.29 is 67.6 Å². The number of ether oxygens (including phenoxy) is 7. The second kappa shape index (κ2) is 22.5. The van der Waals surface area contributed by atoms with E-state index < -0.39 is 102 Å². The van der Waals surface area contributed by atoms with Gasteiger partial charge in [0.25, 0.3) is 0 Å². The van der Waals surface area contributed by atoms with Gasteiger partial charge in [-0.3, -0.25) is 14.5 Å². The number of methoxy groups -OCH3 is 1. The van der Waals surface area contributed by atoms with Gasteiger partial charge in [0.1, 0.15) is 35.8 Å². The maximum absolute atomic E-state index is 14.6. The van der Waals surface area contributed by atoms with Gasteiger partial charge < -0.3 is 68.2 Å². The van der Waals surface area contributed by atoms with Crippen molar-refractivity contribution in [2.75, 3.05) is 41.3 Å². The molecule has 3 aliphatic heterocycles. The lowest BCUT2D eigenvalue weighted by Gasteiger charge is -2.48. The molecule has 63 heavy (non-hydrogen) atoms. The molecule has 18 atom stereocenters. The fourth-order valence-electron chi connectivity index (χ4n) is 9.95. The fraction of sp³-hybridized carbons (Fsp3) is 0.870. The molecule has 0 unspecified atom stereocenters. The third-order valence-corrected chi connectivity index (χ3v) is 13.8. The lowest BCUT2D eigenvalue weighted by Crippen LogP contribution is -2.61. The molecule has 4 heterocycles. The summed E-state index contributed by atoms with van der Waals surface area (Å²) >= 11 is 0. The molecule has 5 N–H and O–H groups in total. The fourth-order valence-corrected chi connectivity index (χ4v) is 9.95. The van der Waals surface area contributed by atoms with Crippen LogP contribution in [0.4, 0.5) is 0 Å². The molecule has 4 rings (SSSR count). The summed E-state index contributed by atoms with van der Waals surface area (Å²) in [5, 5.41) is 51.1. The van der Waals surface area contributed by atoms with E-state index in [2.05, 4.69) is 5.32 Å². The number of aliphatic hydroxyl groups is 4. The van der Waals surface area contributed by atoms with Crippen LogP contribution >= 0.6 is 0 Å².